The zero-order valence-corrected chi connectivity index (χ0v) is 15.9. The Labute approximate surface area is 166 Å². The second-order valence-corrected chi connectivity index (χ2v) is 6.98. The van der Waals surface area contributed by atoms with Crippen LogP contribution in [-0.4, -0.2) is 41.1 Å². The van der Waals surface area contributed by atoms with Gasteiger partial charge in [-0.2, -0.15) is 5.10 Å². The number of anilines is 1. The highest BCUT2D eigenvalue weighted by molar-refractivity contribution is 6.31. The van der Waals surface area contributed by atoms with E-state index in [2.05, 4.69) is 15.4 Å². The topological polar surface area (TPSA) is 82.7 Å². The van der Waals surface area contributed by atoms with Crippen LogP contribution < -0.4 is 19.7 Å². The van der Waals surface area contributed by atoms with Crippen molar-refractivity contribution in [2.45, 2.75) is 6.54 Å². The standard InChI is InChI=1S/C19H18ClN5O3/c1-24(8-13-2-5-17-18(6-13)28-12-27-17)9-19(26)23-15-7-14(20)3-4-16(15)25-11-21-10-22-25/h2-7,10-11H,8-9,12H2,1H3,(H,23,26)/p+1. The Morgan fingerprint density at radius 1 is 1.25 bits per heavy atom. The first kappa shape index (κ1) is 18.3. The van der Waals surface area contributed by atoms with E-state index < -0.39 is 0 Å². The number of carbonyl (C=O) groups is 1. The summed E-state index contributed by atoms with van der Waals surface area (Å²) < 4.78 is 12.3. The molecule has 28 heavy (non-hydrogen) atoms. The number of rotatable bonds is 6. The lowest BCUT2D eigenvalue weighted by Crippen LogP contribution is -3.08. The van der Waals surface area contributed by atoms with Gasteiger partial charge in [-0.3, -0.25) is 4.79 Å². The van der Waals surface area contributed by atoms with Crippen LogP contribution in [0.15, 0.2) is 49.1 Å². The molecular formula is C19H19ClN5O3+. The van der Waals surface area contributed by atoms with E-state index in [9.17, 15) is 4.79 Å². The summed E-state index contributed by atoms with van der Waals surface area (Å²) in [5.74, 6) is 1.37. The van der Waals surface area contributed by atoms with Crippen molar-refractivity contribution in [3.05, 3.63) is 59.6 Å². The van der Waals surface area contributed by atoms with Crippen molar-refractivity contribution in [1.29, 1.82) is 0 Å². The van der Waals surface area contributed by atoms with Gasteiger partial charge in [-0.05, 0) is 36.4 Å². The van der Waals surface area contributed by atoms with Crippen LogP contribution in [0.25, 0.3) is 5.69 Å². The molecule has 9 heteroatoms. The number of amides is 1. The lowest BCUT2D eigenvalue weighted by Gasteiger charge is -2.15. The molecule has 1 aliphatic rings. The fourth-order valence-corrected chi connectivity index (χ4v) is 3.24. The van der Waals surface area contributed by atoms with E-state index in [-0.39, 0.29) is 19.2 Å². The Bertz CT molecular complexity index is 993. The summed E-state index contributed by atoms with van der Waals surface area (Å²) >= 11 is 6.10. The minimum atomic E-state index is -0.123. The Morgan fingerprint density at radius 2 is 2.11 bits per heavy atom. The zero-order valence-electron chi connectivity index (χ0n) is 15.2. The van der Waals surface area contributed by atoms with Crippen LogP contribution in [0.1, 0.15) is 5.56 Å². The number of halogens is 1. The van der Waals surface area contributed by atoms with Crippen molar-refractivity contribution in [2.75, 3.05) is 25.7 Å². The van der Waals surface area contributed by atoms with Crippen LogP contribution in [0, 0.1) is 0 Å². The molecule has 0 fully saturated rings. The summed E-state index contributed by atoms with van der Waals surface area (Å²) in [5, 5.41) is 7.56. The number of hydrogen-bond acceptors (Lipinski definition) is 5. The summed E-state index contributed by atoms with van der Waals surface area (Å²) in [4.78, 5) is 17.5. The average molecular weight is 401 g/mol. The van der Waals surface area contributed by atoms with Gasteiger partial charge in [-0.25, -0.2) is 9.67 Å². The molecule has 1 atom stereocenters. The molecule has 0 spiro atoms. The van der Waals surface area contributed by atoms with Crippen molar-refractivity contribution < 1.29 is 19.2 Å². The third kappa shape index (κ3) is 4.08. The Balaban J connectivity index is 1.41. The van der Waals surface area contributed by atoms with Gasteiger partial charge in [0.2, 0.25) is 6.79 Å². The van der Waals surface area contributed by atoms with E-state index in [1.54, 1.807) is 29.2 Å². The molecule has 1 unspecified atom stereocenters. The van der Waals surface area contributed by atoms with Gasteiger partial charge in [0.1, 0.15) is 19.2 Å². The molecular weight excluding hydrogens is 382 g/mol. The smallest absolute Gasteiger partial charge is 0.279 e. The second kappa shape index (κ2) is 7.87. The lowest BCUT2D eigenvalue weighted by molar-refractivity contribution is -0.885. The molecule has 1 aromatic heterocycles. The predicted molar refractivity (Wildman–Crippen MR) is 103 cm³/mol. The first-order chi connectivity index (χ1) is 13.6. The Morgan fingerprint density at radius 3 is 2.93 bits per heavy atom. The number of hydrogen-bond donors (Lipinski definition) is 2. The maximum absolute atomic E-state index is 12.6. The van der Waals surface area contributed by atoms with Gasteiger partial charge in [-0.15, -0.1) is 0 Å². The van der Waals surface area contributed by atoms with Gasteiger partial charge in [0.25, 0.3) is 5.91 Å². The average Bonchev–Trinajstić information content (AvgIpc) is 3.32. The number of aromatic nitrogens is 3. The lowest BCUT2D eigenvalue weighted by atomic mass is 10.2. The zero-order chi connectivity index (χ0) is 19.5. The predicted octanol–water partition coefficient (Wildman–Crippen LogP) is 1.30. The van der Waals surface area contributed by atoms with Crippen LogP contribution in [0.4, 0.5) is 5.69 Å². The Kier molecular flexibility index (Phi) is 5.14. The maximum atomic E-state index is 12.6. The van der Waals surface area contributed by atoms with E-state index in [0.717, 1.165) is 22.0 Å². The summed E-state index contributed by atoms with van der Waals surface area (Å²) in [6, 6.07) is 11.0. The minimum Gasteiger partial charge on any atom is -0.454 e. The fraction of sp³-hybridized carbons (Fsp3) is 0.211. The molecule has 0 radical (unpaired) electrons. The summed E-state index contributed by atoms with van der Waals surface area (Å²) in [5.41, 5.74) is 2.35. The summed E-state index contributed by atoms with van der Waals surface area (Å²) in [6.07, 6.45) is 3.00. The SMILES string of the molecule is C[NH+](CC(=O)Nc1cc(Cl)ccc1-n1cncn1)Cc1ccc2c(c1)OCO2. The molecule has 0 aliphatic carbocycles. The minimum absolute atomic E-state index is 0.123. The van der Waals surface area contributed by atoms with Crippen LogP contribution in [0.3, 0.4) is 0 Å². The first-order valence-electron chi connectivity index (χ1n) is 8.73. The number of benzene rings is 2. The fourth-order valence-electron chi connectivity index (χ4n) is 3.07. The molecule has 3 aromatic rings. The van der Waals surface area contributed by atoms with E-state index in [1.807, 2.05) is 25.2 Å². The normalized spacial score (nSPS) is 13.4. The van der Waals surface area contributed by atoms with Gasteiger partial charge in [0.15, 0.2) is 18.0 Å². The van der Waals surface area contributed by atoms with Crippen LogP contribution >= 0.6 is 11.6 Å². The molecule has 8 nitrogen and oxygen atoms in total. The van der Waals surface area contributed by atoms with E-state index >= 15 is 0 Å². The highest BCUT2D eigenvalue weighted by Gasteiger charge is 2.17. The summed E-state index contributed by atoms with van der Waals surface area (Å²) in [6.45, 7) is 1.21. The number of ether oxygens (including phenoxy) is 2. The number of nitrogens with one attached hydrogen (secondary N) is 2. The van der Waals surface area contributed by atoms with Crippen LogP contribution in [0.2, 0.25) is 5.02 Å². The molecule has 2 N–H and O–H groups in total. The van der Waals surface area contributed by atoms with Gasteiger partial charge < -0.3 is 19.7 Å². The monoisotopic (exact) mass is 400 g/mol. The number of nitrogens with zero attached hydrogens (tertiary/aromatic N) is 3. The first-order valence-corrected chi connectivity index (χ1v) is 9.10. The molecule has 144 valence electrons. The molecule has 4 rings (SSSR count). The van der Waals surface area contributed by atoms with E-state index in [4.69, 9.17) is 21.1 Å². The van der Waals surface area contributed by atoms with Gasteiger partial charge in [0, 0.05) is 10.6 Å². The number of fused-ring (bicyclic) bond motifs is 1. The van der Waals surface area contributed by atoms with Crippen molar-refractivity contribution in [3.63, 3.8) is 0 Å². The van der Waals surface area contributed by atoms with E-state index in [1.165, 1.54) is 6.33 Å². The molecule has 0 bridgehead atoms. The molecule has 2 aromatic carbocycles. The van der Waals surface area contributed by atoms with Crippen LogP contribution in [0.5, 0.6) is 11.5 Å². The number of quaternary nitrogens is 1. The van der Waals surface area contributed by atoms with E-state index in [0.29, 0.717) is 22.9 Å². The molecule has 1 aliphatic heterocycles. The second-order valence-electron chi connectivity index (χ2n) is 6.55. The third-order valence-electron chi connectivity index (χ3n) is 4.30. The highest BCUT2D eigenvalue weighted by Crippen LogP contribution is 2.32. The third-order valence-corrected chi connectivity index (χ3v) is 4.54. The van der Waals surface area contributed by atoms with Gasteiger partial charge in [-0.1, -0.05) is 11.6 Å². The molecule has 0 saturated heterocycles. The number of likely N-dealkylation sites (N-methyl/N-ethyl adjacent to an activating group) is 1. The molecule has 2 heterocycles. The number of carbonyl (C=O) groups excluding carboxylic acids is 1. The highest BCUT2D eigenvalue weighted by atomic mass is 35.5. The summed E-state index contributed by atoms with van der Waals surface area (Å²) in [7, 11) is 1.96. The van der Waals surface area contributed by atoms with Gasteiger partial charge in [0.05, 0.1) is 18.4 Å². The van der Waals surface area contributed by atoms with Crippen molar-refractivity contribution in [2.24, 2.45) is 0 Å². The molecule has 0 saturated carbocycles. The quantitative estimate of drug-likeness (QED) is 0.651. The van der Waals surface area contributed by atoms with Crippen molar-refractivity contribution >= 4 is 23.2 Å². The molecule has 1 amide bonds. The largest absolute Gasteiger partial charge is 0.454 e. The van der Waals surface area contributed by atoms with Crippen molar-refractivity contribution in [1.82, 2.24) is 14.8 Å². The Hall–Kier alpha value is -3.10. The van der Waals surface area contributed by atoms with Gasteiger partial charge >= 0.3 is 0 Å². The maximum Gasteiger partial charge on any atom is 0.279 e. The van der Waals surface area contributed by atoms with Crippen molar-refractivity contribution in [3.8, 4) is 17.2 Å². The van der Waals surface area contributed by atoms with Crippen LogP contribution in [-0.2, 0) is 11.3 Å².